The first-order chi connectivity index (χ1) is 13.4. The van der Waals surface area contributed by atoms with Crippen LogP contribution in [-0.2, 0) is 19.6 Å². The van der Waals surface area contributed by atoms with Gasteiger partial charge in [0.15, 0.2) is 11.9 Å². The fraction of sp³-hybridized carbons (Fsp3) is 0.350. The topological polar surface area (TPSA) is 122 Å². The molecular weight excluding hydrogens is 396 g/mol. The molecule has 0 spiro atoms. The smallest absolute Gasteiger partial charge is 0.321 e. The third kappa shape index (κ3) is 5.18. The minimum atomic E-state index is -3.88. The molecule has 1 atom stereocenters. The molecule has 0 aliphatic carbocycles. The molecule has 2 aromatic rings. The van der Waals surface area contributed by atoms with E-state index in [1.54, 1.807) is 26.0 Å². The number of aromatic amines is 1. The fourth-order valence-corrected chi connectivity index (χ4v) is 3.94. The summed E-state index contributed by atoms with van der Waals surface area (Å²) in [7, 11) is -3.88. The van der Waals surface area contributed by atoms with Crippen LogP contribution < -0.4 is 4.72 Å². The van der Waals surface area contributed by atoms with E-state index in [4.69, 9.17) is 4.74 Å². The van der Waals surface area contributed by atoms with E-state index in [0.29, 0.717) is 16.8 Å². The van der Waals surface area contributed by atoms with Crippen LogP contribution >= 0.6 is 0 Å². The first-order valence-corrected chi connectivity index (χ1v) is 10.4. The number of esters is 1. The molecule has 156 valence electrons. The quantitative estimate of drug-likeness (QED) is 0.499. The van der Waals surface area contributed by atoms with Crippen molar-refractivity contribution < 1.29 is 27.5 Å². The highest BCUT2D eigenvalue weighted by Crippen LogP contribution is 2.20. The molecule has 1 aromatic carbocycles. The van der Waals surface area contributed by atoms with Crippen LogP contribution in [-0.4, -0.2) is 43.6 Å². The molecule has 29 heavy (non-hydrogen) atoms. The van der Waals surface area contributed by atoms with Gasteiger partial charge in [0, 0.05) is 11.3 Å². The maximum atomic E-state index is 12.6. The Labute approximate surface area is 169 Å². The Morgan fingerprint density at radius 3 is 2.21 bits per heavy atom. The summed E-state index contributed by atoms with van der Waals surface area (Å²) in [6.07, 6.45) is -1.15. The van der Waals surface area contributed by atoms with E-state index in [9.17, 15) is 22.8 Å². The van der Waals surface area contributed by atoms with Crippen molar-refractivity contribution >= 4 is 27.6 Å². The summed E-state index contributed by atoms with van der Waals surface area (Å²) >= 11 is 0. The van der Waals surface area contributed by atoms with Gasteiger partial charge in [-0.25, -0.2) is 8.42 Å². The number of aryl methyl sites for hydroxylation is 2. The van der Waals surface area contributed by atoms with Crippen molar-refractivity contribution in [3.8, 4) is 0 Å². The number of Topliss-reactive ketones (excluding diaryl/α,β-unsaturated/α-hetero) is 2. The van der Waals surface area contributed by atoms with Crippen LogP contribution in [0.3, 0.4) is 0 Å². The van der Waals surface area contributed by atoms with E-state index < -0.39 is 34.4 Å². The van der Waals surface area contributed by atoms with Gasteiger partial charge in [-0.2, -0.15) is 4.72 Å². The summed E-state index contributed by atoms with van der Waals surface area (Å²) in [4.78, 5) is 39.2. The number of sulfonamides is 1. The van der Waals surface area contributed by atoms with E-state index in [1.165, 1.54) is 26.0 Å². The Balaban J connectivity index is 2.02. The molecule has 0 aliphatic heterocycles. The summed E-state index contributed by atoms with van der Waals surface area (Å²) in [6, 6.07) is 6.14. The van der Waals surface area contributed by atoms with E-state index in [2.05, 4.69) is 9.71 Å². The van der Waals surface area contributed by atoms with E-state index in [0.717, 1.165) is 5.56 Å². The number of hydrogen-bond acceptors (Lipinski definition) is 6. The second-order valence-corrected chi connectivity index (χ2v) is 8.58. The van der Waals surface area contributed by atoms with Gasteiger partial charge in [-0.1, -0.05) is 17.7 Å². The fourth-order valence-electron chi connectivity index (χ4n) is 2.97. The average molecular weight is 420 g/mol. The molecule has 0 fully saturated rings. The van der Waals surface area contributed by atoms with E-state index in [-0.39, 0.29) is 16.4 Å². The first-order valence-electron chi connectivity index (χ1n) is 8.94. The Morgan fingerprint density at radius 2 is 1.69 bits per heavy atom. The van der Waals surface area contributed by atoms with Crippen LogP contribution in [0, 0.1) is 20.8 Å². The summed E-state index contributed by atoms with van der Waals surface area (Å²) in [6.45, 7) is 7.31. The molecule has 0 radical (unpaired) electrons. The van der Waals surface area contributed by atoms with Crippen LogP contribution in [0.1, 0.15) is 51.5 Å². The number of nitrogens with one attached hydrogen (secondary N) is 2. The number of rotatable bonds is 8. The van der Waals surface area contributed by atoms with Crippen LogP contribution in [0.5, 0.6) is 0 Å². The molecule has 9 heteroatoms. The van der Waals surface area contributed by atoms with Crippen molar-refractivity contribution in [2.75, 3.05) is 6.54 Å². The van der Waals surface area contributed by atoms with Crippen LogP contribution in [0.2, 0.25) is 0 Å². The Hall–Kier alpha value is -2.78. The third-order valence-electron chi connectivity index (χ3n) is 4.45. The Morgan fingerprint density at radius 1 is 1.10 bits per heavy atom. The van der Waals surface area contributed by atoms with Gasteiger partial charge in [-0.15, -0.1) is 0 Å². The Kier molecular flexibility index (Phi) is 6.76. The Bertz CT molecular complexity index is 1050. The van der Waals surface area contributed by atoms with E-state index in [1.807, 2.05) is 6.92 Å². The molecule has 0 saturated heterocycles. The van der Waals surface area contributed by atoms with Crippen molar-refractivity contribution in [3.05, 3.63) is 52.3 Å². The second-order valence-electron chi connectivity index (χ2n) is 6.82. The number of carbonyl (C=O) groups is 3. The zero-order valence-corrected chi connectivity index (χ0v) is 17.8. The standard InChI is InChI=1S/C20H24N2O6S/c1-11-6-8-16(9-7-11)29(26,27)21-10-17(24)28-15(5)20(25)19-12(2)18(14(4)23)13(3)22-19/h6-9,15,21-22H,10H2,1-5H3/t15-/m0/s1. The zero-order chi connectivity index (χ0) is 21.9. The third-order valence-corrected chi connectivity index (χ3v) is 5.87. The van der Waals surface area contributed by atoms with Gasteiger partial charge in [-0.3, -0.25) is 14.4 Å². The largest absolute Gasteiger partial charge is 0.453 e. The minimum Gasteiger partial charge on any atom is -0.453 e. The molecule has 0 bridgehead atoms. The predicted octanol–water partition coefficient (Wildman–Crippen LogP) is 2.24. The van der Waals surface area contributed by atoms with Crippen LogP contribution in [0.15, 0.2) is 29.2 Å². The lowest BCUT2D eigenvalue weighted by molar-refractivity contribution is -0.144. The van der Waals surface area contributed by atoms with Gasteiger partial charge in [-0.05, 0) is 52.3 Å². The SMILES string of the molecule is CC(=O)c1c(C)[nH]c(C(=O)[C@H](C)OC(=O)CNS(=O)(=O)c2ccc(C)cc2)c1C. The number of hydrogen-bond donors (Lipinski definition) is 2. The number of H-pyrrole nitrogens is 1. The van der Waals surface area contributed by atoms with Crippen LogP contribution in [0.4, 0.5) is 0 Å². The van der Waals surface area contributed by atoms with Gasteiger partial charge in [0.05, 0.1) is 10.6 Å². The second kappa shape index (κ2) is 8.71. The monoisotopic (exact) mass is 420 g/mol. The lowest BCUT2D eigenvalue weighted by atomic mass is 10.0. The lowest BCUT2D eigenvalue weighted by Gasteiger charge is -2.13. The maximum Gasteiger partial charge on any atom is 0.321 e. The summed E-state index contributed by atoms with van der Waals surface area (Å²) in [5, 5.41) is 0. The maximum absolute atomic E-state index is 12.6. The van der Waals surface area contributed by atoms with Crippen molar-refractivity contribution in [2.24, 2.45) is 0 Å². The summed E-state index contributed by atoms with van der Waals surface area (Å²) in [5.74, 6) is -1.58. The van der Waals surface area contributed by atoms with Crippen LogP contribution in [0.25, 0.3) is 0 Å². The predicted molar refractivity (Wildman–Crippen MR) is 107 cm³/mol. The molecule has 0 saturated carbocycles. The first kappa shape index (κ1) is 22.5. The number of aromatic nitrogens is 1. The van der Waals surface area contributed by atoms with Gasteiger partial charge < -0.3 is 9.72 Å². The number of benzene rings is 1. The van der Waals surface area contributed by atoms with Gasteiger partial charge in [0.2, 0.25) is 15.8 Å². The minimum absolute atomic E-state index is 0.0225. The van der Waals surface area contributed by atoms with Crippen molar-refractivity contribution in [3.63, 3.8) is 0 Å². The van der Waals surface area contributed by atoms with Crippen molar-refractivity contribution in [1.82, 2.24) is 9.71 Å². The molecule has 0 unspecified atom stereocenters. The highest BCUT2D eigenvalue weighted by atomic mass is 32.2. The number of ether oxygens (including phenoxy) is 1. The molecule has 2 N–H and O–H groups in total. The summed E-state index contributed by atoms with van der Waals surface area (Å²) < 4.78 is 31.6. The average Bonchev–Trinajstić information content (AvgIpc) is 2.94. The molecule has 1 heterocycles. The molecule has 0 amide bonds. The zero-order valence-electron chi connectivity index (χ0n) is 17.0. The van der Waals surface area contributed by atoms with Gasteiger partial charge >= 0.3 is 5.97 Å². The number of ketones is 2. The molecular formula is C20H24N2O6S. The molecule has 2 rings (SSSR count). The molecule has 1 aromatic heterocycles. The molecule has 0 aliphatic rings. The van der Waals surface area contributed by atoms with Gasteiger partial charge in [0.25, 0.3) is 0 Å². The lowest BCUT2D eigenvalue weighted by Crippen LogP contribution is -2.34. The summed E-state index contributed by atoms with van der Waals surface area (Å²) in [5.41, 5.74) is 2.56. The highest BCUT2D eigenvalue weighted by Gasteiger charge is 2.26. The number of carbonyl (C=O) groups excluding carboxylic acids is 3. The van der Waals surface area contributed by atoms with Crippen molar-refractivity contribution in [1.29, 1.82) is 0 Å². The molecule has 8 nitrogen and oxygen atoms in total. The van der Waals surface area contributed by atoms with Crippen molar-refractivity contribution in [2.45, 2.75) is 45.6 Å². The highest BCUT2D eigenvalue weighted by molar-refractivity contribution is 7.89. The van der Waals surface area contributed by atoms with Gasteiger partial charge in [0.1, 0.15) is 6.54 Å². The van der Waals surface area contributed by atoms with E-state index >= 15 is 0 Å². The normalized spacial score (nSPS) is 12.4.